The third-order valence-corrected chi connectivity index (χ3v) is 4.60. The van der Waals surface area contributed by atoms with Crippen LogP contribution in [0.3, 0.4) is 0 Å². The highest BCUT2D eigenvalue weighted by molar-refractivity contribution is 6.04. The number of fused-ring (bicyclic) bond motifs is 1. The largest absolute Gasteiger partial charge is 0.387 e. The molecule has 4 aromatic rings. The van der Waals surface area contributed by atoms with Crippen LogP contribution in [0.1, 0.15) is 29.4 Å². The Kier molecular flexibility index (Phi) is 5.79. The lowest BCUT2D eigenvalue weighted by Crippen LogP contribution is -2.13. The molecule has 4 rings (SSSR count). The smallest absolute Gasteiger partial charge is 0.177 e. The molecule has 0 saturated carbocycles. The van der Waals surface area contributed by atoms with Crippen molar-refractivity contribution in [3.05, 3.63) is 101 Å². The third-order valence-electron chi connectivity index (χ3n) is 4.60. The van der Waals surface area contributed by atoms with Gasteiger partial charge in [-0.15, -0.1) is 0 Å². The molecular formula is C23H20F2N6. The molecule has 0 radical (unpaired) electrons. The van der Waals surface area contributed by atoms with E-state index in [4.69, 9.17) is 5.73 Å². The molecule has 0 aliphatic carbocycles. The predicted molar refractivity (Wildman–Crippen MR) is 116 cm³/mol. The van der Waals surface area contributed by atoms with Crippen LogP contribution < -0.4 is 5.73 Å². The van der Waals surface area contributed by atoms with Crippen molar-refractivity contribution < 1.29 is 8.78 Å². The molecule has 8 heteroatoms. The van der Waals surface area contributed by atoms with Crippen molar-refractivity contribution in [2.75, 3.05) is 0 Å². The van der Waals surface area contributed by atoms with Gasteiger partial charge < -0.3 is 10.1 Å². The Morgan fingerprint density at radius 2 is 1.87 bits per heavy atom. The van der Waals surface area contributed by atoms with E-state index < -0.39 is 0 Å². The Balaban J connectivity index is 1.76. The molecule has 0 unspecified atom stereocenters. The molecule has 2 aromatic carbocycles. The molecule has 2 aromatic heterocycles. The minimum Gasteiger partial charge on any atom is -0.387 e. The first kappa shape index (κ1) is 20.3. The average Bonchev–Trinajstić information content (AvgIpc) is 3.23. The van der Waals surface area contributed by atoms with Gasteiger partial charge in [0.15, 0.2) is 11.5 Å². The van der Waals surface area contributed by atoms with Gasteiger partial charge >= 0.3 is 0 Å². The van der Waals surface area contributed by atoms with Crippen LogP contribution in [0.15, 0.2) is 77.1 Å². The van der Waals surface area contributed by atoms with Gasteiger partial charge in [0, 0.05) is 25.0 Å². The number of rotatable bonds is 5. The molecule has 0 amide bonds. The first-order valence-corrected chi connectivity index (χ1v) is 9.65. The maximum atomic E-state index is 14.2. The van der Waals surface area contributed by atoms with Gasteiger partial charge in [-0.05, 0) is 36.2 Å². The quantitative estimate of drug-likeness (QED) is 0.394. The van der Waals surface area contributed by atoms with E-state index in [0.29, 0.717) is 34.3 Å². The number of benzene rings is 2. The van der Waals surface area contributed by atoms with Crippen LogP contribution in [-0.4, -0.2) is 26.0 Å². The fraction of sp³-hybridized carbons (Fsp3) is 0.130. The Morgan fingerprint density at radius 3 is 2.61 bits per heavy atom. The Hall–Kier alpha value is -3.94. The lowest BCUT2D eigenvalue weighted by Gasteiger charge is -2.09. The summed E-state index contributed by atoms with van der Waals surface area (Å²) in [5.41, 5.74) is 8.84. The highest BCUT2D eigenvalue weighted by Gasteiger charge is 2.14. The van der Waals surface area contributed by atoms with Gasteiger partial charge in [-0.25, -0.2) is 23.7 Å². The second kappa shape index (κ2) is 8.83. The molecule has 2 N–H and O–H groups in total. The number of nitrogens with two attached hydrogens (primary N) is 1. The van der Waals surface area contributed by atoms with Crippen LogP contribution in [0.4, 0.5) is 8.78 Å². The van der Waals surface area contributed by atoms with Crippen molar-refractivity contribution in [3.8, 4) is 0 Å². The molecule has 0 aliphatic rings. The van der Waals surface area contributed by atoms with Crippen molar-refractivity contribution in [2.45, 2.75) is 19.9 Å². The van der Waals surface area contributed by atoms with Crippen LogP contribution in [0.25, 0.3) is 5.65 Å². The van der Waals surface area contributed by atoms with E-state index in [1.54, 1.807) is 60.2 Å². The summed E-state index contributed by atoms with van der Waals surface area (Å²) in [6.45, 7) is 1.93. The number of hydrogen-bond donors (Lipinski definition) is 1. The topological polar surface area (TPSA) is 80.9 Å². The van der Waals surface area contributed by atoms with E-state index in [2.05, 4.69) is 20.0 Å². The van der Waals surface area contributed by atoms with E-state index in [1.807, 2.05) is 0 Å². The Labute approximate surface area is 177 Å². The fourth-order valence-corrected chi connectivity index (χ4v) is 3.14. The maximum absolute atomic E-state index is 14.2. The molecule has 0 bridgehead atoms. The zero-order valence-electron chi connectivity index (χ0n) is 16.8. The van der Waals surface area contributed by atoms with Crippen molar-refractivity contribution in [1.29, 1.82) is 0 Å². The molecule has 0 fully saturated rings. The SMILES string of the molecule is CC(N)=NC(=NCc1ccc(F)cc1)c1cn2ccnc2c(Cc2ccccc2F)n1. The van der Waals surface area contributed by atoms with Crippen molar-refractivity contribution in [2.24, 2.45) is 15.7 Å². The number of halogens is 2. The number of aliphatic imine (C=N–C) groups is 2. The average molecular weight is 418 g/mol. The molecular weight excluding hydrogens is 398 g/mol. The van der Waals surface area contributed by atoms with Gasteiger partial charge in [0.1, 0.15) is 17.3 Å². The minimum absolute atomic E-state index is 0.261. The summed E-state index contributed by atoms with van der Waals surface area (Å²) < 4.78 is 29.2. The highest BCUT2D eigenvalue weighted by atomic mass is 19.1. The first-order valence-electron chi connectivity index (χ1n) is 9.65. The van der Waals surface area contributed by atoms with Crippen LogP contribution in [-0.2, 0) is 13.0 Å². The standard InChI is InChI=1S/C23H20F2N6/c1-15(26)29-22(28-13-16-6-8-18(24)9-7-16)21-14-31-11-10-27-23(31)20(30-21)12-17-4-2-3-5-19(17)25/h2-11,14H,12-13H2,1H3,(H2,26,28,29). The monoisotopic (exact) mass is 418 g/mol. The number of hydrogen-bond acceptors (Lipinski definition) is 3. The summed E-state index contributed by atoms with van der Waals surface area (Å²) in [6, 6.07) is 12.6. The molecule has 2 heterocycles. The molecule has 31 heavy (non-hydrogen) atoms. The van der Waals surface area contributed by atoms with E-state index >= 15 is 0 Å². The Morgan fingerprint density at radius 1 is 1.10 bits per heavy atom. The van der Waals surface area contributed by atoms with Crippen LogP contribution >= 0.6 is 0 Å². The lowest BCUT2D eigenvalue weighted by molar-refractivity contribution is 0.613. The zero-order valence-corrected chi connectivity index (χ0v) is 16.8. The predicted octanol–water partition coefficient (Wildman–Crippen LogP) is 3.92. The minimum atomic E-state index is -0.311. The van der Waals surface area contributed by atoms with Crippen molar-refractivity contribution >= 4 is 17.3 Å². The van der Waals surface area contributed by atoms with Crippen molar-refractivity contribution in [1.82, 2.24) is 14.4 Å². The van der Waals surface area contributed by atoms with E-state index in [0.717, 1.165) is 5.56 Å². The normalized spacial score (nSPS) is 12.5. The summed E-state index contributed by atoms with van der Waals surface area (Å²) in [5, 5.41) is 0. The summed E-state index contributed by atoms with van der Waals surface area (Å²) in [4.78, 5) is 17.9. The molecule has 0 aliphatic heterocycles. The highest BCUT2D eigenvalue weighted by Crippen LogP contribution is 2.17. The van der Waals surface area contributed by atoms with Gasteiger partial charge in [0.25, 0.3) is 0 Å². The van der Waals surface area contributed by atoms with Crippen molar-refractivity contribution in [3.63, 3.8) is 0 Å². The molecule has 0 saturated heterocycles. The van der Waals surface area contributed by atoms with Gasteiger partial charge in [0.05, 0.1) is 18.1 Å². The summed E-state index contributed by atoms with van der Waals surface area (Å²) >= 11 is 0. The molecule has 6 nitrogen and oxygen atoms in total. The number of amidine groups is 2. The molecule has 156 valence electrons. The molecule has 0 spiro atoms. The maximum Gasteiger partial charge on any atom is 0.177 e. The second-order valence-electron chi connectivity index (χ2n) is 7.02. The number of aromatic nitrogens is 3. The Bertz CT molecular complexity index is 1270. The first-order chi connectivity index (χ1) is 15.0. The third kappa shape index (κ3) is 4.80. The van der Waals surface area contributed by atoms with Crippen LogP contribution in [0.2, 0.25) is 0 Å². The van der Waals surface area contributed by atoms with Crippen LogP contribution in [0.5, 0.6) is 0 Å². The summed E-state index contributed by atoms with van der Waals surface area (Å²) in [5.74, 6) is 0.0324. The number of imidazole rings is 1. The van der Waals surface area contributed by atoms with Gasteiger partial charge in [0.2, 0.25) is 0 Å². The van der Waals surface area contributed by atoms with E-state index in [1.165, 1.54) is 18.2 Å². The molecule has 0 atom stereocenters. The fourth-order valence-electron chi connectivity index (χ4n) is 3.14. The van der Waals surface area contributed by atoms with Gasteiger partial charge in [-0.2, -0.15) is 0 Å². The second-order valence-corrected chi connectivity index (χ2v) is 7.02. The zero-order chi connectivity index (χ0) is 21.8. The lowest BCUT2D eigenvalue weighted by atomic mass is 10.1. The summed E-state index contributed by atoms with van der Waals surface area (Å²) in [7, 11) is 0. The number of nitrogens with zero attached hydrogens (tertiary/aromatic N) is 5. The van der Waals surface area contributed by atoms with Gasteiger partial charge in [-0.1, -0.05) is 30.3 Å². The summed E-state index contributed by atoms with van der Waals surface area (Å²) in [6.07, 6.45) is 5.45. The van der Waals surface area contributed by atoms with E-state index in [9.17, 15) is 8.78 Å². The van der Waals surface area contributed by atoms with Gasteiger partial charge in [-0.3, -0.25) is 4.99 Å². The van der Waals surface area contributed by atoms with E-state index in [-0.39, 0.29) is 24.6 Å². The van der Waals surface area contributed by atoms with Crippen LogP contribution in [0, 0.1) is 11.6 Å².